The smallest absolute Gasteiger partial charge is 0.196 e. The molecule has 6 heteroatoms. The van der Waals surface area contributed by atoms with E-state index in [1.807, 2.05) is 71.3 Å². The van der Waals surface area contributed by atoms with Crippen LogP contribution in [0.15, 0.2) is 90.1 Å². The Morgan fingerprint density at radius 2 is 1.62 bits per heavy atom. The first-order valence-corrected chi connectivity index (χ1v) is 10.8. The summed E-state index contributed by atoms with van der Waals surface area (Å²) in [5, 5.41) is 11.0. The molecular weight excluding hydrogens is 421 g/mol. The average Bonchev–Trinajstić information content (AvgIpc) is 3.16. The van der Waals surface area contributed by atoms with Crippen LogP contribution in [0.25, 0.3) is 23.2 Å². The summed E-state index contributed by atoms with van der Waals surface area (Å²) in [4.78, 5) is 0. The fraction of sp³-hybridized carbons (Fsp3) is 0.0435. The summed E-state index contributed by atoms with van der Waals surface area (Å²) < 4.78 is 2.03. The van der Waals surface area contributed by atoms with Crippen LogP contribution < -0.4 is 0 Å². The molecule has 1 aromatic heterocycles. The topological polar surface area (TPSA) is 30.7 Å². The monoisotopic (exact) mass is 437 g/mol. The van der Waals surface area contributed by atoms with E-state index in [0.717, 1.165) is 28.0 Å². The molecule has 0 saturated heterocycles. The van der Waals surface area contributed by atoms with Gasteiger partial charge in [-0.1, -0.05) is 89.6 Å². The second-order valence-electron chi connectivity index (χ2n) is 6.25. The van der Waals surface area contributed by atoms with Crippen LogP contribution in [0.4, 0.5) is 0 Å². The SMILES string of the molecule is Clc1ccc(-n2c(SC/C=C/c3ccccc3)nnc2-c2cccc(Cl)c2)cc1. The number of hydrogen-bond acceptors (Lipinski definition) is 3. The summed E-state index contributed by atoms with van der Waals surface area (Å²) >= 11 is 13.9. The van der Waals surface area contributed by atoms with Gasteiger partial charge >= 0.3 is 0 Å². The lowest BCUT2D eigenvalue weighted by Crippen LogP contribution is -1.99. The maximum atomic E-state index is 6.19. The van der Waals surface area contributed by atoms with Crippen molar-refractivity contribution in [1.29, 1.82) is 0 Å². The highest BCUT2D eigenvalue weighted by Crippen LogP contribution is 2.29. The molecule has 0 bridgehead atoms. The number of aromatic nitrogens is 3. The van der Waals surface area contributed by atoms with Crippen molar-refractivity contribution < 1.29 is 0 Å². The average molecular weight is 438 g/mol. The molecular formula is C23H17Cl2N3S. The van der Waals surface area contributed by atoms with Crippen LogP contribution in [0.3, 0.4) is 0 Å². The second kappa shape index (κ2) is 9.31. The van der Waals surface area contributed by atoms with Crippen LogP contribution >= 0.6 is 35.0 Å². The maximum absolute atomic E-state index is 6.19. The van der Waals surface area contributed by atoms with Crippen molar-refractivity contribution in [3.63, 3.8) is 0 Å². The van der Waals surface area contributed by atoms with Gasteiger partial charge in [-0.25, -0.2) is 0 Å². The van der Waals surface area contributed by atoms with Gasteiger partial charge in [-0.05, 0) is 42.0 Å². The normalized spacial score (nSPS) is 11.2. The van der Waals surface area contributed by atoms with Gasteiger partial charge in [-0.2, -0.15) is 0 Å². The zero-order valence-electron chi connectivity index (χ0n) is 15.4. The highest BCUT2D eigenvalue weighted by atomic mass is 35.5. The molecule has 3 nitrogen and oxygen atoms in total. The molecule has 29 heavy (non-hydrogen) atoms. The summed E-state index contributed by atoms with van der Waals surface area (Å²) in [5.41, 5.74) is 3.03. The standard InChI is InChI=1S/C23H17Cl2N3S/c24-19-11-13-21(14-12-19)28-22(18-9-4-10-20(25)16-18)26-27-23(28)29-15-5-8-17-6-2-1-3-7-17/h1-14,16H,15H2/b8-5+. The van der Waals surface area contributed by atoms with E-state index in [1.165, 1.54) is 5.56 Å². The summed E-state index contributed by atoms with van der Waals surface area (Å²) in [7, 11) is 0. The van der Waals surface area contributed by atoms with Crippen LogP contribution in [0.1, 0.15) is 5.56 Å². The molecule has 4 rings (SSSR count). The van der Waals surface area contributed by atoms with E-state index in [-0.39, 0.29) is 0 Å². The molecule has 0 unspecified atom stereocenters. The third-order valence-electron chi connectivity index (χ3n) is 4.22. The first-order valence-electron chi connectivity index (χ1n) is 9.02. The van der Waals surface area contributed by atoms with E-state index in [1.54, 1.807) is 11.8 Å². The first kappa shape index (κ1) is 19.8. The molecule has 0 aliphatic carbocycles. The number of nitrogens with zero attached hydrogens (tertiary/aromatic N) is 3. The second-order valence-corrected chi connectivity index (χ2v) is 8.11. The molecule has 0 N–H and O–H groups in total. The molecule has 1 heterocycles. The van der Waals surface area contributed by atoms with Crippen LogP contribution in [-0.4, -0.2) is 20.5 Å². The molecule has 0 fully saturated rings. The Bertz CT molecular complexity index is 1120. The van der Waals surface area contributed by atoms with Gasteiger partial charge < -0.3 is 0 Å². The Morgan fingerprint density at radius 3 is 2.38 bits per heavy atom. The Balaban J connectivity index is 1.64. The zero-order chi connectivity index (χ0) is 20.1. The number of hydrogen-bond donors (Lipinski definition) is 0. The minimum atomic E-state index is 0.660. The molecule has 0 radical (unpaired) electrons. The quantitative estimate of drug-likeness (QED) is 0.302. The van der Waals surface area contributed by atoms with Crippen molar-refractivity contribution in [2.45, 2.75) is 5.16 Å². The number of rotatable bonds is 6. The molecule has 0 amide bonds. The van der Waals surface area contributed by atoms with Crippen molar-refractivity contribution in [3.8, 4) is 17.1 Å². The van der Waals surface area contributed by atoms with E-state index in [0.29, 0.717) is 10.0 Å². The number of benzene rings is 3. The van der Waals surface area contributed by atoms with Crippen molar-refractivity contribution in [1.82, 2.24) is 14.8 Å². The van der Waals surface area contributed by atoms with Gasteiger partial charge in [0.25, 0.3) is 0 Å². The summed E-state index contributed by atoms with van der Waals surface area (Å²) in [6, 6.07) is 25.5. The minimum Gasteiger partial charge on any atom is -0.270 e. The van der Waals surface area contributed by atoms with Crippen LogP contribution in [0.5, 0.6) is 0 Å². The summed E-state index contributed by atoms with van der Waals surface area (Å²) in [5.74, 6) is 1.51. The Kier molecular flexibility index (Phi) is 6.35. The highest BCUT2D eigenvalue weighted by Gasteiger charge is 2.16. The van der Waals surface area contributed by atoms with Crippen molar-refractivity contribution in [3.05, 3.63) is 101 Å². The predicted octanol–water partition coefficient (Wildman–Crippen LogP) is 7.05. The van der Waals surface area contributed by atoms with E-state index >= 15 is 0 Å². The van der Waals surface area contributed by atoms with Gasteiger partial charge in [-0.3, -0.25) is 4.57 Å². The molecule has 0 saturated carbocycles. The van der Waals surface area contributed by atoms with Gasteiger partial charge in [0.2, 0.25) is 0 Å². The maximum Gasteiger partial charge on any atom is 0.196 e. The van der Waals surface area contributed by atoms with Gasteiger partial charge in [0.15, 0.2) is 11.0 Å². The fourth-order valence-corrected chi connectivity index (χ4v) is 3.95. The molecule has 0 atom stereocenters. The Hall–Kier alpha value is -2.53. The molecule has 0 spiro atoms. The lowest BCUT2D eigenvalue weighted by molar-refractivity contribution is 0.888. The van der Waals surface area contributed by atoms with E-state index in [9.17, 15) is 0 Å². The lowest BCUT2D eigenvalue weighted by Gasteiger charge is -2.10. The first-order chi connectivity index (χ1) is 14.2. The molecule has 0 aliphatic rings. The van der Waals surface area contributed by atoms with E-state index in [4.69, 9.17) is 23.2 Å². The van der Waals surface area contributed by atoms with Crippen molar-refractivity contribution >= 4 is 41.0 Å². The van der Waals surface area contributed by atoms with Crippen molar-refractivity contribution in [2.24, 2.45) is 0 Å². The molecule has 3 aromatic carbocycles. The molecule has 144 valence electrons. The van der Waals surface area contributed by atoms with Crippen LogP contribution in [0, 0.1) is 0 Å². The zero-order valence-corrected chi connectivity index (χ0v) is 17.7. The third-order valence-corrected chi connectivity index (χ3v) is 5.59. The lowest BCUT2D eigenvalue weighted by atomic mass is 10.2. The Morgan fingerprint density at radius 1 is 0.828 bits per heavy atom. The van der Waals surface area contributed by atoms with E-state index < -0.39 is 0 Å². The largest absolute Gasteiger partial charge is 0.270 e. The minimum absolute atomic E-state index is 0.660. The fourth-order valence-electron chi connectivity index (χ4n) is 2.87. The Labute approximate surface area is 184 Å². The number of thioether (sulfide) groups is 1. The predicted molar refractivity (Wildman–Crippen MR) is 123 cm³/mol. The van der Waals surface area contributed by atoms with E-state index in [2.05, 4.69) is 34.5 Å². The number of halogens is 2. The highest BCUT2D eigenvalue weighted by molar-refractivity contribution is 7.99. The van der Waals surface area contributed by atoms with Gasteiger partial charge in [0, 0.05) is 27.0 Å². The van der Waals surface area contributed by atoms with Crippen molar-refractivity contribution in [2.75, 3.05) is 5.75 Å². The molecule has 4 aromatic rings. The summed E-state index contributed by atoms with van der Waals surface area (Å²) in [6.07, 6.45) is 4.23. The van der Waals surface area contributed by atoms with Gasteiger partial charge in [-0.15, -0.1) is 10.2 Å². The molecule has 0 aliphatic heterocycles. The van der Waals surface area contributed by atoms with Gasteiger partial charge in [0.1, 0.15) is 0 Å². The van der Waals surface area contributed by atoms with Crippen LogP contribution in [0.2, 0.25) is 10.0 Å². The van der Waals surface area contributed by atoms with Gasteiger partial charge in [0.05, 0.1) is 0 Å². The van der Waals surface area contributed by atoms with Crippen LogP contribution in [-0.2, 0) is 0 Å². The summed E-state index contributed by atoms with van der Waals surface area (Å²) in [6.45, 7) is 0. The third kappa shape index (κ3) is 4.91.